The summed E-state index contributed by atoms with van der Waals surface area (Å²) >= 11 is 0. The van der Waals surface area contributed by atoms with Gasteiger partial charge in [0, 0.05) is 44.8 Å². The van der Waals surface area contributed by atoms with Gasteiger partial charge in [-0.2, -0.15) is 0 Å². The molecule has 0 bridgehead atoms. The quantitative estimate of drug-likeness (QED) is 0.851. The molecule has 0 saturated carbocycles. The third kappa shape index (κ3) is 3.52. The van der Waals surface area contributed by atoms with E-state index in [0.717, 1.165) is 38.3 Å². The van der Waals surface area contributed by atoms with Gasteiger partial charge in [0.25, 0.3) is 5.91 Å². The number of primary amides is 1. The number of likely N-dealkylation sites (N-methyl/N-ethyl adjacent to an activating group) is 1. The lowest BCUT2D eigenvalue weighted by Crippen LogP contribution is -2.48. The minimum atomic E-state index is -0.395. The average molecular weight is 262 g/mol. The summed E-state index contributed by atoms with van der Waals surface area (Å²) < 4.78 is 0. The van der Waals surface area contributed by atoms with E-state index in [2.05, 4.69) is 28.8 Å². The first-order valence-corrected chi connectivity index (χ1v) is 6.74. The molecule has 104 valence electrons. The minimum Gasteiger partial charge on any atom is -0.366 e. The summed E-state index contributed by atoms with van der Waals surface area (Å²) in [7, 11) is 2.14. The van der Waals surface area contributed by atoms with Crippen molar-refractivity contribution in [2.45, 2.75) is 19.4 Å². The third-order valence-electron chi connectivity index (χ3n) is 3.81. The second-order valence-corrected chi connectivity index (χ2v) is 5.25. The van der Waals surface area contributed by atoms with Crippen LogP contribution in [-0.2, 0) is 6.42 Å². The Morgan fingerprint density at radius 1 is 1.42 bits per heavy atom. The molecule has 1 unspecified atom stereocenters. The van der Waals surface area contributed by atoms with Crippen LogP contribution >= 0.6 is 0 Å². The van der Waals surface area contributed by atoms with Crippen LogP contribution in [0.5, 0.6) is 0 Å². The Hall–Kier alpha value is -1.46. The van der Waals surface area contributed by atoms with Gasteiger partial charge in [0.2, 0.25) is 0 Å². The average Bonchev–Trinajstić information content (AvgIpc) is 2.39. The Morgan fingerprint density at radius 3 is 2.74 bits per heavy atom. The predicted octanol–water partition coefficient (Wildman–Crippen LogP) is 0.359. The summed E-state index contributed by atoms with van der Waals surface area (Å²) in [5.74, 6) is -0.395. The van der Waals surface area contributed by atoms with Gasteiger partial charge in [-0.05, 0) is 26.1 Å². The van der Waals surface area contributed by atoms with Gasteiger partial charge in [-0.25, -0.2) is 0 Å². The Labute approximate surface area is 114 Å². The smallest absolute Gasteiger partial charge is 0.250 e. The summed E-state index contributed by atoms with van der Waals surface area (Å²) in [5.41, 5.74) is 6.74. The van der Waals surface area contributed by atoms with Crippen LogP contribution < -0.4 is 5.73 Å². The highest BCUT2D eigenvalue weighted by Gasteiger charge is 2.21. The van der Waals surface area contributed by atoms with Crippen LogP contribution in [0.3, 0.4) is 0 Å². The van der Waals surface area contributed by atoms with E-state index in [4.69, 9.17) is 5.73 Å². The van der Waals surface area contributed by atoms with Crippen molar-refractivity contribution in [1.82, 2.24) is 14.8 Å². The molecule has 1 amide bonds. The van der Waals surface area contributed by atoms with Gasteiger partial charge >= 0.3 is 0 Å². The first-order chi connectivity index (χ1) is 9.08. The number of hydrogen-bond acceptors (Lipinski definition) is 4. The van der Waals surface area contributed by atoms with Crippen molar-refractivity contribution < 1.29 is 4.79 Å². The topological polar surface area (TPSA) is 62.5 Å². The lowest BCUT2D eigenvalue weighted by atomic mass is 10.0. The second kappa shape index (κ2) is 6.12. The number of hydrogen-bond donors (Lipinski definition) is 1. The fourth-order valence-corrected chi connectivity index (χ4v) is 2.50. The maximum Gasteiger partial charge on any atom is 0.250 e. The minimum absolute atomic E-state index is 0.377. The molecule has 0 aliphatic carbocycles. The number of pyridine rings is 1. The normalized spacial score (nSPS) is 19.3. The van der Waals surface area contributed by atoms with E-state index in [0.29, 0.717) is 11.6 Å². The molecule has 5 nitrogen and oxygen atoms in total. The number of nitrogens with two attached hydrogens (primary N) is 1. The van der Waals surface area contributed by atoms with Gasteiger partial charge in [0.05, 0.1) is 11.3 Å². The highest BCUT2D eigenvalue weighted by Crippen LogP contribution is 2.13. The summed E-state index contributed by atoms with van der Waals surface area (Å²) in [6.07, 6.45) is 2.49. The first-order valence-electron chi connectivity index (χ1n) is 6.74. The molecule has 1 aliphatic rings. The second-order valence-electron chi connectivity index (χ2n) is 5.25. The van der Waals surface area contributed by atoms with Crippen LogP contribution in [-0.4, -0.2) is 60.0 Å². The van der Waals surface area contributed by atoms with Crippen LogP contribution in [0.15, 0.2) is 18.3 Å². The van der Waals surface area contributed by atoms with Gasteiger partial charge in [0.15, 0.2) is 0 Å². The highest BCUT2D eigenvalue weighted by atomic mass is 16.1. The summed E-state index contributed by atoms with van der Waals surface area (Å²) in [6.45, 7) is 6.50. The molecule has 5 heteroatoms. The Bertz CT molecular complexity index is 441. The fraction of sp³-hybridized carbons (Fsp3) is 0.571. The monoisotopic (exact) mass is 262 g/mol. The van der Waals surface area contributed by atoms with Crippen LogP contribution in [0.1, 0.15) is 23.0 Å². The standard InChI is InChI=1S/C14H22N4O/c1-11(18-8-6-17(2)7-9-18)10-13-12(14(15)19)4-3-5-16-13/h3-5,11H,6-10H2,1-2H3,(H2,15,19). The van der Waals surface area contributed by atoms with E-state index in [-0.39, 0.29) is 0 Å². The summed E-state index contributed by atoms with van der Waals surface area (Å²) in [5, 5.41) is 0. The number of aromatic nitrogens is 1. The maximum atomic E-state index is 11.4. The first kappa shape index (κ1) is 14.0. The Kier molecular flexibility index (Phi) is 4.50. The van der Waals surface area contributed by atoms with Crippen molar-refractivity contribution in [1.29, 1.82) is 0 Å². The molecule has 1 atom stereocenters. The molecule has 1 saturated heterocycles. The lowest BCUT2D eigenvalue weighted by molar-refractivity contribution is 0.0996. The zero-order valence-corrected chi connectivity index (χ0v) is 11.7. The lowest BCUT2D eigenvalue weighted by Gasteiger charge is -2.36. The van der Waals surface area contributed by atoms with E-state index in [1.54, 1.807) is 18.3 Å². The SMILES string of the molecule is CC(Cc1ncccc1C(N)=O)N1CCN(C)CC1. The van der Waals surface area contributed by atoms with Crippen molar-refractivity contribution in [2.75, 3.05) is 33.2 Å². The number of nitrogens with zero attached hydrogens (tertiary/aromatic N) is 3. The van der Waals surface area contributed by atoms with Crippen LogP contribution in [0.25, 0.3) is 0 Å². The van der Waals surface area contributed by atoms with Gasteiger partial charge < -0.3 is 10.6 Å². The van der Waals surface area contributed by atoms with Crippen LogP contribution in [0.2, 0.25) is 0 Å². The van der Waals surface area contributed by atoms with Gasteiger partial charge in [0.1, 0.15) is 0 Å². The maximum absolute atomic E-state index is 11.4. The van der Waals surface area contributed by atoms with E-state index in [9.17, 15) is 4.79 Å². The predicted molar refractivity (Wildman–Crippen MR) is 75.0 cm³/mol. The molecule has 2 heterocycles. The van der Waals surface area contributed by atoms with Gasteiger partial charge in [-0.3, -0.25) is 14.7 Å². The van der Waals surface area contributed by atoms with Crippen LogP contribution in [0, 0.1) is 0 Å². The van der Waals surface area contributed by atoms with E-state index < -0.39 is 5.91 Å². The number of amides is 1. The fourth-order valence-electron chi connectivity index (χ4n) is 2.50. The van der Waals surface area contributed by atoms with Crippen molar-refractivity contribution in [2.24, 2.45) is 5.73 Å². The number of rotatable bonds is 4. The molecule has 1 aromatic heterocycles. The number of carbonyl (C=O) groups is 1. The van der Waals surface area contributed by atoms with Crippen LogP contribution in [0.4, 0.5) is 0 Å². The Morgan fingerprint density at radius 2 is 2.11 bits per heavy atom. The summed E-state index contributed by atoms with van der Waals surface area (Å²) in [4.78, 5) is 20.5. The molecule has 2 rings (SSSR count). The molecule has 1 aromatic rings. The molecular formula is C14H22N4O. The van der Waals surface area contributed by atoms with E-state index in [1.807, 2.05) is 0 Å². The zero-order valence-electron chi connectivity index (χ0n) is 11.7. The third-order valence-corrected chi connectivity index (χ3v) is 3.81. The summed E-state index contributed by atoms with van der Waals surface area (Å²) in [6, 6.07) is 3.88. The molecule has 19 heavy (non-hydrogen) atoms. The van der Waals surface area contributed by atoms with E-state index >= 15 is 0 Å². The van der Waals surface area contributed by atoms with Crippen molar-refractivity contribution in [3.05, 3.63) is 29.6 Å². The Balaban J connectivity index is 2.02. The largest absolute Gasteiger partial charge is 0.366 e. The van der Waals surface area contributed by atoms with Crippen molar-refractivity contribution in [3.8, 4) is 0 Å². The highest BCUT2D eigenvalue weighted by molar-refractivity contribution is 5.93. The van der Waals surface area contributed by atoms with Crippen molar-refractivity contribution >= 4 is 5.91 Å². The van der Waals surface area contributed by atoms with Gasteiger partial charge in [-0.15, -0.1) is 0 Å². The molecule has 1 aliphatic heterocycles. The molecule has 0 aromatic carbocycles. The number of carbonyl (C=O) groups excluding carboxylic acids is 1. The molecule has 0 spiro atoms. The molecular weight excluding hydrogens is 240 g/mol. The number of piperazine rings is 1. The van der Waals surface area contributed by atoms with Gasteiger partial charge in [-0.1, -0.05) is 0 Å². The zero-order chi connectivity index (χ0) is 13.8. The molecule has 0 radical (unpaired) electrons. The molecule has 2 N–H and O–H groups in total. The van der Waals surface area contributed by atoms with E-state index in [1.165, 1.54) is 0 Å². The van der Waals surface area contributed by atoms with Crippen molar-refractivity contribution in [3.63, 3.8) is 0 Å². The molecule has 1 fully saturated rings.